The third-order valence-corrected chi connectivity index (χ3v) is 6.13. The van der Waals surface area contributed by atoms with Crippen LogP contribution in [0.1, 0.15) is 18.6 Å². The molecule has 0 saturated heterocycles. The van der Waals surface area contributed by atoms with E-state index >= 15 is 0 Å². The van der Waals surface area contributed by atoms with Crippen molar-refractivity contribution in [1.29, 1.82) is 0 Å². The zero-order valence-electron chi connectivity index (χ0n) is 20.7. The number of rotatable bonds is 11. The first-order valence-electron chi connectivity index (χ1n) is 11.7. The van der Waals surface area contributed by atoms with E-state index < -0.39 is 12.2 Å². The summed E-state index contributed by atoms with van der Waals surface area (Å²) in [6.07, 6.45) is 3.74. The lowest BCUT2D eigenvalue weighted by atomic mass is 9.96. The highest BCUT2D eigenvalue weighted by atomic mass is 32.2. The van der Waals surface area contributed by atoms with Crippen molar-refractivity contribution < 1.29 is 24.2 Å². The largest absolute Gasteiger partial charge is 0.491 e. The monoisotopic (exact) mass is 521 g/mol. The van der Waals surface area contributed by atoms with Gasteiger partial charge in [0, 0.05) is 16.5 Å². The van der Waals surface area contributed by atoms with Crippen LogP contribution in [-0.2, 0) is 9.53 Å². The summed E-state index contributed by atoms with van der Waals surface area (Å²) in [6.45, 7) is 1.93. The molecular formula is C28H31N3O5S. The van der Waals surface area contributed by atoms with E-state index in [1.807, 2.05) is 25.3 Å². The summed E-state index contributed by atoms with van der Waals surface area (Å²) in [5.41, 5.74) is 8.20. The molecule has 9 heteroatoms. The minimum absolute atomic E-state index is 0.0931. The number of thioether (sulfide) groups is 1. The molecule has 3 rings (SSSR count). The Bertz CT molecular complexity index is 1200. The van der Waals surface area contributed by atoms with Gasteiger partial charge in [-0.05, 0) is 66.4 Å². The summed E-state index contributed by atoms with van der Waals surface area (Å²) in [7, 11) is 0. The number of para-hydroxylation sites is 2. The smallest absolute Gasteiger partial charge is 0.412 e. The lowest BCUT2D eigenvalue weighted by molar-refractivity contribution is -0.111. The Morgan fingerprint density at radius 1 is 1.03 bits per heavy atom. The molecule has 0 aliphatic rings. The molecule has 5 N–H and O–H groups in total. The highest BCUT2D eigenvalue weighted by molar-refractivity contribution is 7.98. The second kappa shape index (κ2) is 14.0. The molecule has 0 bridgehead atoms. The van der Waals surface area contributed by atoms with E-state index in [4.69, 9.17) is 20.3 Å². The van der Waals surface area contributed by atoms with Crippen LogP contribution in [0, 0.1) is 5.92 Å². The van der Waals surface area contributed by atoms with E-state index in [-0.39, 0.29) is 25.0 Å². The number of anilines is 3. The third-order valence-electron chi connectivity index (χ3n) is 5.39. The topological polar surface area (TPSA) is 123 Å². The Morgan fingerprint density at radius 3 is 2.38 bits per heavy atom. The van der Waals surface area contributed by atoms with Crippen LogP contribution in [0.2, 0.25) is 0 Å². The highest BCUT2D eigenvalue weighted by Gasteiger charge is 2.23. The van der Waals surface area contributed by atoms with Crippen molar-refractivity contribution in [2.24, 2.45) is 5.92 Å². The number of hydrogen-bond acceptors (Lipinski definition) is 7. The first kappa shape index (κ1) is 27.6. The zero-order chi connectivity index (χ0) is 26.6. The quantitative estimate of drug-likeness (QED) is 0.150. The van der Waals surface area contributed by atoms with Crippen molar-refractivity contribution in [3.05, 3.63) is 90.5 Å². The van der Waals surface area contributed by atoms with E-state index in [1.165, 1.54) is 6.08 Å². The molecule has 3 aromatic carbocycles. The Morgan fingerprint density at radius 2 is 1.73 bits per heavy atom. The lowest BCUT2D eigenvalue weighted by Crippen LogP contribution is -2.21. The minimum atomic E-state index is -0.691. The molecule has 0 aliphatic carbocycles. The van der Waals surface area contributed by atoms with Crippen LogP contribution in [0.5, 0.6) is 5.75 Å². The number of amides is 2. The summed E-state index contributed by atoms with van der Waals surface area (Å²) < 4.78 is 11.2. The molecule has 0 fully saturated rings. The van der Waals surface area contributed by atoms with E-state index in [9.17, 15) is 9.59 Å². The van der Waals surface area contributed by atoms with Gasteiger partial charge in [0.1, 0.15) is 18.5 Å². The molecule has 37 heavy (non-hydrogen) atoms. The van der Waals surface area contributed by atoms with Gasteiger partial charge in [-0.3, -0.25) is 10.1 Å². The van der Waals surface area contributed by atoms with Gasteiger partial charge in [0.25, 0.3) is 0 Å². The van der Waals surface area contributed by atoms with Gasteiger partial charge in [0.2, 0.25) is 5.91 Å². The number of aliphatic hydroxyl groups is 1. The number of nitrogens with two attached hydrogens (primary N) is 1. The van der Waals surface area contributed by atoms with Crippen LogP contribution in [0.4, 0.5) is 21.9 Å². The molecule has 0 heterocycles. The summed E-state index contributed by atoms with van der Waals surface area (Å²) >= 11 is 1.61. The van der Waals surface area contributed by atoms with Crippen molar-refractivity contribution in [2.75, 3.05) is 35.8 Å². The number of nitrogen functional groups attached to an aromatic ring is 1. The standard InChI is InChI=1S/C28H31N3O5S/c1-19(7-16-26(33)31-25-6-4-3-5-24(25)29)27(20-8-12-22(13-9-20)35-18-17-32)36-28(34)30-21-10-14-23(37-2)15-11-21/h3-16,19,27,32H,17-18,29H2,1-2H3,(H,30,34)(H,31,33)/b16-7+/t19-,27-/m1/s1. The maximum absolute atomic E-state index is 12.8. The molecule has 0 radical (unpaired) electrons. The van der Waals surface area contributed by atoms with Gasteiger partial charge in [-0.2, -0.15) is 0 Å². The van der Waals surface area contributed by atoms with Crippen molar-refractivity contribution in [1.82, 2.24) is 0 Å². The molecule has 0 aromatic heterocycles. The molecule has 8 nitrogen and oxygen atoms in total. The SMILES string of the molecule is CSc1ccc(NC(=O)O[C@@H](c2ccc(OCCO)cc2)[C@H](C)/C=C/C(=O)Nc2ccccc2N)cc1. The summed E-state index contributed by atoms with van der Waals surface area (Å²) in [6, 6.07) is 21.5. The van der Waals surface area contributed by atoms with Crippen LogP contribution in [0.15, 0.2) is 89.8 Å². The average molecular weight is 522 g/mol. The van der Waals surface area contributed by atoms with Crippen LogP contribution >= 0.6 is 11.8 Å². The van der Waals surface area contributed by atoms with Crippen LogP contribution in [0.3, 0.4) is 0 Å². The van der Waals surface area contributed by atoms with Crippen molar-refractivity contribution in [2.45, 2.75) is 17.9 Å². The predicted octanol–water partition coefficient (Wildman–Crippen LogP) is 5.48. The second-order valence-electron chi connectivity index (χ2n) is 8.12. The minimum Gasteiger partial charge on any atom is -0.491 e. The molecule has 0 unspecified atom stereocenters. The van der Waals surface area contributed by atoms with Crippen LogP contribution < -0.4 is 21.1 Å². The fourth-order valence-corrected chi connectivity index (χ4v) is 3.87. The van der Waals surface area contributed by atoms with E-state index in [0.29, 0.717) is 28.4 Å². The van der Waals surface area contributed by atoms with Crippen molar-refractivity contribution in [3.8, 4) is 5.75 Å². The Balaban J connectivity index is 1.74. The molecule has 3 aromatic rings. The number of carbonyl (C=O) groups excluding carboxylic acids is 2. The zero-order valence-corrected chi connectivity index (χ0v) is 21.5. The first-order chi connectivity index (χ1) is 17.9. The number of nitrogens with one attached hydrogen (secondary N) is 2. The Hall–Kier alpha value is -3.95. The van der Waals surface area contributed by atoms with E-state index in [1.54, 1.807) is 78.5 Å². The van der Waals surface area contributed by atoms with Crippen LogP contribution in [-0.4, -0.2) is 36.6 Å². The summed E-state index contributed by atoms with van der Waals surface area (Å²) in [4.78, 5) is 26.3. The van der Waals surface area contributed by atoms with Crippen LogP contribution in [0.25, 0.3) is 0 Å². The van der Waals surface area contributed by atoms with E-state index in [2.05, 4.69) is 10.6 Å². The van der Waals surface area contributed by atoms with Crippen molar-refractivity contribution in [3.63, 3.8) is 0 Å². The van der Waals surface area contributed by atoms with Gasteiger partial charge in [-0.15, -0.1) is 11.8 Å². The van der Waals surface area contributed by atoms with Gasteiger partial charge < -0.3 is 25.6 Å². The fraction of sp³-hybridized carbons (Fsp3) is 0.214. The van der Waals surface area contributed by atoms with Gasteiger partial charge in [0.15, 0.2) is 0 Å². The molecule has 0 aliphatic heterocycles. The molecule has 194 valence electrons. The Kier molecular flexibility index (Phi) is 10.4. The predicted molar refractivity (Wildman–Crippen MR) is 148 cm³/mol. The molecular weight excluding hydrogens is 490 g/mol. The number of carbonyl (C=O) groups is 2. The molecule has 0 spiro atoms. The molecule has 2 atom stereocenters. The molecule has 0 saturated carbocycles. The first-order valence-corrected chi connectivity index (χ1v) is 12.9. The normalized spacial score (nSPS) is 12.5. The number of benzene rings is 3. The fourth-order valence-electron chi connectivity index (χ4n) is 3.46. The van der Waals surface area contributed by atoms with E-state index in [0.717, 1.165) is 4.90 Å². The molecule has 2 amide bonds. The number of aliphatic hydroxyl groups excluding tert-OH is 1. The second-order valence-corrected chi connectivity index (χ2v) is 8.99. The Labute approximate surface area is 220 Å². The summed E-state index contributed by atoms with van der Waals surface area (Å²) in [5.74, 6) is -0.125. The van der Waals surface area contributed by atoms with Gasteiger partial charge >= 0.3 is 6.09 Å². The average Bonchev–Trinajstić information content (AvgIpc) is 2.91. The maximum atomic E-state index is 12.8. The van der Waals surface area contributed by atoms with Crippen molar-refractivity contribution >= 4 is 40.8 Å². The van der Waals surface area contributed by atoms with Gasteiger partial charge in [-0.25, -0.2) is 4.79 Å². The third kappa shape index (κ3) is 8.59. The summed E-state index contributed by atoms with van der Waals surface area (Å²) in [5, 5.41) is 14.5. The van der Waals surface area contributed by atoms with Gasteiger partial charge in [0.05, 0.1) is 18.0 Å². The highest BCUT2D eigenvalue weighted by Crippen LogP contribution is 2.30. The number of hydrogen-bond donors (Lipinski definition) is 4. The van der Waals surface area contributed by atoms with Gasteiger partial charge in [-0.1, -0.05) is 37.3 Å². The maximum Gasteiger partial charge on any atom is 0.412 e. The lowest BCUT2D eigenvalue weighted by Gasteiger charge is -2.23. The number of ether oxygens (including phenoxy) is 2.